The molecule has 2 aromatic carbocycles. The first-order valence-corrected chi connectivity index (χ1v) is 7.08. The molecule has 21 heavy (non-hydrogen) atoms. The highest BCUT2D eigenvalue weighted by atomic mass is 16.5. The molecule has 1 heterocycles. The molecule has 0 amide bonds. The van der Waals surface area contributed by atoms with E-state index in [1.165, 1.54) is 0 Å². The molecule has 1 atom stereocenters. The van der Waals surface area contributed by atoms with Crippen molar-refractivity contribution < 1.29 is 9.47 Å². The Balaban J connectivity index is 1.71. The van der Waals surface area contributed by atoms with Gasteiger partial charge in [0.05, 0.1) is 0 Å². The normalized spacial score (nSPS) is 20.0. The number of aryl methyl sites for hydroxylation is 1. The number of hydrogen-bond donors (Lipinski definition) is 0. The lowest BCUT2D eigenvalue weighted by Gasteiger charge is -2.30. The molecule has 1 aliphatic rings. The van der Waals surface area contributed by atoms with Gasteiger partial charge < -0.3 is 9.47 Å². The van der Waals surface area contributed by atoms with Gasteiger partial charge in [-0.3, -0.25) is 0 Å². The zero-order valence-electron chi connectivity index (χ0n) is 12.0. The van der Waals surface area contributed by atoms with Gasteiger partial charge in [-0.15, -0.1) is 0 Å². The maximum atomic E-state index is 9.14. The van der Waals surface area contributed by atoms with E-state index >= 15 is 0 Å². The lowest BCUT2D eigenvalue weighted by molar-refractivity contribution is 0.121. The quantitative estimate of drug-likeness (QED) is 0.856. The number of benzene rings is 2. The van der Waals surface area contributed by atoms with Gasteiger partial charge in [0.2, 0.25) is 0 Å². The average molecular weight is 279 g/mol. The topological polar surface area (TPSA) is 42.2 Å². The summed E-state index contributed by atoms with van der Waals surface area (Å²) < 4.78 is 11.6. The first kappa shape index (κ1) is 13.5. The van der Waals surface area contributed by atoms with Gasteiger partial charge in [0.15, 0.2) is 5.60 Å². The third kappa shape index (κ3) is 3.00. The molecular weight excluding hydrogens is 262 g/mol. The molecule has 0 bridgehead atoms. The van der Waals surface area contributed by atoms with Crippen LogP contribution in [-0.4, -0.2) is 5.60 Å². The van der Waals surface area contributed by atoms with Crippen LogP contribution in [0.3, 0.4) is 0 Å². The molecule has 0 aromatic heterocycles. The van der Waals surface area contributed by atoms with Crippen LogP contribution in [-0.2, 0) is 13.0 Å². The summed E-state index contributed by atoms with van der Waals surface area (Å²) in [5.74, 6) is 1.62. The van der Waals surface area contributed by atoms with Crippen molar-refractivity contribution in [2.75, 3.05) is 0 Å². The molecule has 3 heteroatoms. The highest BCUT2D eigenvalue weighted by Gasteiger charge is 2.31. The molecule has 0 N–H and O–H groups in total. The van der Waals surface area contributed by atoms with Crippen LogP contribution >= 0.6 is 0 Å². The second-order valence-electron chi connectivity index (χ2n) is 5.49. The van der Waals surface area contributed by atoms with Crippen LogP contribution in [0, 0.1) is 11.3 Å². The van der Waals surface area contributed by atoms with Crippen molar-refractivity contribution in [3.8, 4) is 17.6 Å². The minimum Gasteiger partial charge on any atom is -0.489 e. The summed E-state index contributed by atoms with van der Waals surface area (Å²) in [5, 5.41) is 9.14. The van der Waals surface area contributed by atoms with Crippen molar-refractivity contribution in [1.82, 2.24) is 0 Å². The fourth-order valence-corrected chi connectivity index (χ4v) is 2.43. The summed E-state index contributed by atoms with van der Waals surface area (Å²) in [4.78, 5) is 0. The fraction of sp³-hybridized carbons (Fsp3) is 0.278. The van der Waals surface area contributed by atoms with Crippen LogP contribution < -0.4 is 9.47 Å². The Kier molecular flexibility index (Phi) is 3.53. The highest BCUT2D eigenvalue weighted by molar-refractivity contribution is 5.43. The number of nitrogens with zero attached hydrogens (tertiary/aromatic N) is 1. The lowest BCUT2D eigenvalue weighted by atomic mass is 9.94. The molecule has 3 rings (SSSR count). The zero-order chi connectivity index (χ0) is 14.7. The first-order valence-electron chi connectivity index (χ1n) is 7.08. The van der Waals surface area contributed by atoms with Gasteiger partial charge in [-0.25, -0.2) is 0 Å². The Morgan fingerprint density at radius 2 is 2.05 bits per heavy atom. The molecule has 0 radical (unpaired) electrons. The molecule has 0 saturated heterocycles. The molecule has 1 aliphatic heterocycles. The molecule has 0 aliphatic carbocycles. The Bertz CT molecular complexity index is 675. The summed E-state index contributed by atoms with van der Waals surface area (Å²) in [6.45, 7) is 2.38. The fourth-order valence-electron chi connectivity index (χ4n) is 2.43. The summed E-state index contributed by atoms with van der Waals surface area (Å²) in [6, 6.07) is 18.1. The first-order chi connectivity index (χ1) is 10.2. The molecular formula is C18H17NO2. The average Bonchev–Trinajstić information content (AvgIpc) is 2.54. The number of fused-ring (bicyclic) bond motifs is 1. The number of ether oxygens (including phenoxy) is 2. The smallest absolute Gasteiger partial charge is 0.191 e. The van der Waals surface area contributed by atoms with E-state index in [-0.39, 0.29) is 0 Å². The van der Waals surface area contributed by atoms with Crippen LogP contribution in [0.15, 0.2) is 48.5 Å². The monoisotopic (exact) mass is 279 g/mol. The molecule has 0 saturated carbocycles. The third-order valence-corrected chi connectivity index (χ3v) is 3.72. The molecule has 0 fully saturated rings. The number of rotatable bonds is 3. The highest BCUT2D eigenvalue weighted by Crippen LogP contribution is 2.35. The van der Waals surface area contributed by atoms with Gasteiger partial charge in [0, 0.05) is 6.42 Å². The summed E-state index contributed by atoms with van der Waals surface area (Å²) in [7, 11) is 0. The Hall–Kier alpha value is -2.47. The Morgan fingerprint density at radius 3 is 2.81 bits per heavy atom. The van der Waals surface area contributed by atoms with Crippen LogP contribution in [0.5, 0.6) is 11.5 Å². The summed E-state index contributed by atoms with van der Waals surface area (Å²) >= 11 is 0. The zero-order valence-corrected chi connectivity index (χ0v) is 12.0. The van der Waals surface area contributed by atoms with Gasteiger partial charge in [-0.2, -0.15) is 5.26 Å². The Labute approximate surface area is 124 Å². The van der Waals surface area contributed by atoms with Gasteiger partial charge >= 0.3 is 0 Å². The van der Waals surface area contributed by atoms with Gasteiger partial charge in [0.25, 0.3) is 0 Å². The molecule has 0 spiro atoms. The summed E-state index contributed by atoms with van der Waals surface area (Å²) in [5.41, 5.74) is 1.54. The van der Waals surface area contributed by atoms with E-state index in [9.17, 15) is 0 Å². The van der Waals surface area contributed by atoms with Crippen molar-refractivity contribution in [2.45, 2.75) is 32.0 Å². The van der Waals surface area contributed by atoms with E-state index in [1.807, 2.05) is 55.5 Å². The van der Waals surface area contributed by atoms with Gasteiger partial charge in [-0.05, 0) is 42.7 Å². The van der Waals surface area contributed by atoms with Crippen molar-refractivity contribution in [3.05, 3.63) is 59.7 Å². The minimum atomic E-state index is -0.709. The van der Waals surface area contributed by atoms with Crippen LogP contribution in [0.4, 0.5) is 0 Å². The van der Waals surface area contributed by atoms with Crippen molar-refractivity contribution in [3.63, 3.8) is 0 Å². The third-order valence-electron chi connectivity index (χ3n) is 3.72. The van der Waals surface area contributed by atoms with Crippen molar-refractivity contribution >= 4 is 0 Å². The van der Waals surface area contributed by atoms with Crippen LogP contribution in [0.25, 0.3) is 0 Å². The van der Waals surface area contributed by atoms with E-state index < -0.39 is 5.60 Å². The van der Waals surface area contributed by atoms with E-state index in [4.69, 9.17) is 14.7 Å². The Morgan fingerprint density at radius 1 is 1.24 bits per heavy atom. The van der Waals surface area contributed by atoms with Crippen molar-refractivity contribution in [2.24, 2.45) is 0 Å². The lowest BCUT2D eigenvalue weighted by Crippen LogP contribution is -2.34. The largest absolute Gasteiger partial charge is 0.489 e. The molecule has 0 unspecified atom stereocenters. The van der Waals surface area contributed by atoms with Gasteiger partial charge in [-0.1, -0.05) is 30.3 Å². The minimum absolute atomic E-state index is 0.552. The molecule has 2 aromatic rings. The number of hydrogen-bond acceptors (Lipinski definition) is 3. The SMILES string of the molecule is C[C@@]1(C#N)CCc2cc(OCc3ccccc3)ccc2O1. The molecule has 3 nitrogen and oxygen atoms in total. The predicted octanol–water partition coefficient (Wildman–Crippen LogP) is 3.87. The maximum Gasteiger partial charge on any atom is 0.191 e. The summed E-state index contributed by atoms with van der Waals surface area (Å²) in [6.07, 6.45) is 1.54. The van der Waals surface area contributed by atoms with E-state index in [2.05, 4.69) is 6.07 Å². The number of nitriles is 1. The van der Waals surface area contributed by atoms with E-state index in [0.29, 0.717) is 13.0 Å². The second kappa shape index (κ2) is 5.49. The van der Waals surface area contributed by atoms with Crippen molar-refractivity contribution in [1.29, 1.82) is 5.26 Å². The van der Waals surface area contributed by atoms with Crippen LogP contribution in [0.2, 0.25) is 0 Å². The van der Waals surface area contributed by atoms with E-state index in [0.717, 1.165) is 29.0 Å². The van der Waals surface area contributed by atoms with Gasteiger partial charge in [0.1, 0.15) is 24.2 Å². The second-order valence-corrected chi connectivity index (χ2v) is 5.49. The van der Waals surface area contributed by atoms with Crippen LogP contribution in [0.1, 0.15) is 24.5 Å². The van der Waals surface area contributed by atoms with E-state index in [1.54, 1.807) is 0 Å². The maximum absolute atomic E-state index is 9.14. The predicted molar refractivity (Wildman–Crippen MR) is 80.2 cm³/mol. The standard InChI is InChI=1S/C18H17NO2/c1-18(13-19)10-9-15-11-16(7-8-17(15)21-18)20-12-14-5-3-2-4-6-14/h2-8,11H,9-10,12H2,1H3/t18-/m0/s1. The molecule has 106 valence electrons.